The van der Waals surface area contributed by atoms with Gasteiger partial charge < -0.3 is 4.74 Å². The highest BCUT2D eigenvalue weighted by Crippen LogP contribution is 2.30. The van der Waals surface area contributed by atoms with E-state index in [9.17, 15) is 0 Å². The number of pyridine rings is 1. The molecule has 1 aromatic heterocycles. The minimum Gasteiger partial charge on any atom is -0.473 e. The topological polar surface area (TPSA) is 22.1 Å². The van der Waals surface area contributed by atoms with Crippen molar-refractivity contribution in [3.63, 3.8) is 0 Å². The molecule has 0 N–H and O–H groups in total. The highest BCUT2D eigenvalue weighted by atomic mass is 35.5. The molecule has 1 aliphatic carbocycles. The first-order valence-corrected chi connectivity index (χ1v) is 4.42. The van der Waals surface area contributed by atoms with Crippen molar-refractivity contribution in [3.8, 4) is 5.88 Å². The Morgan fingerprint density at radius 2 is 2.33 bits per heavy atom. The van der Waals surface area contributed by atoms with E-state index in [2.05, 4.69) is 4.98 Å². The van der Waals surface area contributed by atoms with E-state index >= 15 is 0 Å². The maximum atomic E-state index is 5.91. The van der Waals surface area contributed by atoms with Gasteiger partial charge in [0.15, 0.2) is 0 Å². The number of halogens is 1. The van der Waals surface area contributed by atoms with Gasteiger partial charge in [-0.25, -0.2) is 4.98 Å². The second kappa shape index (κ2) is 2.94. The van der Waals surface area contributed by atoms with Crippen molar-refractivity contribution < 1.29 is 4.74 Å². The highest BCUT2D eigenvalue weighted by molar-refractivity contribution is 6.31. The zero-order valence-corrected chi connectivity index (χ0v) is 7.64. The van der Waals surface area contributed by atoms with Gasteiger partial charge in [-0.1, -0.05) is 11.6 Å². The molecule has 0 bridgehead atoms. The first-order chi connectivity index (χ1) is 5.75. The van der Waals surface area contributed by atoms with Crippen LogP contribution in [0.1, 0.15) is 18.4 Å². The summed E-state index contributed by atoms with van der Waals surface area (Å²) in [6.45, 7) is 1.96. The molecule has 0 radical (unpaired) electrons. The van der Waals surface area contributed by atoms with Gasteiger partial charge in [-0.3, -0.25) is 0 Å². The van der Waals surface area contributed by atoms with Crippen LogP contribution in [0, 0.1) is 6.92 Å². The van der Waals surface area contributed by atoms with Crippen molar-refractivity contribution in [1.29, 1.82) is 0 Å². The second-order valence-corrected chi connectivity index (χ2v) is 3.52. The predicted octanol–water partition coefficient (Wildman–Crippen LogP) is 2.58. The SMILES string of the molecule is Cc1cnc(OC2CC2)c(Cl)c1. The molecule has 1 fully saturated rings. The third kappa shape index (κ3) is 1.69. The summed E-state index contributed by atoms with van der Waals surface area (Å²) in [6, 6.07) is 1.87. The van der Waals surface area contributed by atoms with E-state index in [-0.39, 0.29) is 0 Å². The number of rotatable bonds is 2. The summed E-state index contributed by atoms with van der Waals surface area (Å²) in [5.74, 6) is 0.574. The second-order valence-electron chi connectivity index (χ2n) is 3.12. The van der Waals surface area contributed by atoms with E-state index in [0.29, 0.717) is 17.0 Å². The fourth-order valence-corrected chi connectivity index (χ4v) is 1.22. The van der Waals surface area contributed by atoms with Crippen LogP contribution < -0.4 is 4.74 Å². The van der Waals surface area contributed by atoms with E-state index in [4.69, 9.17) is 16.3 Å². The number of aromatic nitrogens is 1. The van der Waals surface area contributed by atoms with Crippen LogP contribution in [0.15, 0.2) is 12.3 Å². The third-order valence-corrected chi connectivity index (χ3v) is 2.02. The zero-order valence-electron chi connectivity index (χ0n) is 6.88. The van der Waals surface area contributed by atoms with Gasteiger partial charge in [0.2, 0.25) is 5.88 Å². The van der Waals surface area contributed by atoms with Crippen molar-refractivity contribution in [2.45, 2.75) is 25.9 Å². The van der Waals surface area contributed by atoms with Gasteiger partial charge in [-0.2, -0.15) is 0 Å². The number of nitrogens with zero attached hydrogens (tertiary/aromatic N) is 1. The molecule has 1 aliphatic rings. The van der Waals surface area contributed by atoms with Gasteiger partial charge in [0.1, 0.15) is 11.1 Å². The standard InChI is InChI=1S/C9H10ClNO/c1-6-4-8(10)9(11-5-6)12-7-2-3-7/h4-5,7H,2-3H2,1H3. The van der Waals surface area contributed by atoms with E-state index in [1.54, 1.807) is 6.20 Å². The Morgan fingerprint density at radius 3 is 2.92 bits per heavy atom. The molecule has 1 heterocycles. The minimum absolute atomic E-state index is 0.359. The molecule has 1 aromatic rings. The summed E-state index contributed by atoms with van der Waals surface area (Å²) >= 11 is 5.91. The first kappa shape index (κ1) is 7.87. The molecule has 3 heteroatoms. The Labute approximate surface area is 76.5 Å². The molecule has 12 heavy (non-hydrogen) atoms. The van der Waals surface area contributed by atoms with E-state index in [0.717, 1.165) is 18.4 Å². The number of hydrogen-bond donors (Lipinski definition) is 0. The lowest BCUT2D eigenvalue weighted by Crippen LogP contribution is -1.98. The van der Waals surface area contributed by atoms with Gasteiger partial charge in [0, 0.05) is 6.20 Å². The lowest BCUT2D eigenvalue weighted by molar-refractivity contribution is 0.291. The minimum atomic E-state index is 0.359. The van der Waals surface area contributed by atoms with Gasteiger partial charge in [0.05, 0.1) is 0 Å². The lowest BCUT2D eigenvalue weighted by Gasteiger charge is -2.04. The summed E-state index contributed by atoms with van der Waals surface area (Å²) in [4.78, 5) is 4.10. The van der Waals surface area contributed by atoms with Gasteiger partial charge in [0.25, 0.3) is 0 Å². The Morgan fingerprint density at radius 1 is 1.58 bits per heavy atom. The van der Waals surface area contributed by atoms with E-state index < -0.39 is 0 Å². The van der Waals surface area contributed by atoms with Crippen LogP contribution in [0.5, 0.6) is 5.88 Å². The molecule has 0 spiro atoms. The molecular formula is C9H10ClNO. The number of ether oxygens (including phenoxy) is 1. The molecular weight excluding hydrogens is 174 g/mol. The Kier molecular flexibility index (Phi) is 1.93. The van der Waals surface area contributed by atoms with Crippen LogP contribution in [0.25, 0.3) is 0 Å². The molecule has 0 unspecified atom stereocenters. The lowest BCUT2D eigenvalue weighted by atomic mass is 10.3. The molecule has 0 aromatic carbocycles. The van der Waals surface area contributed by atoms with Gasteiger partial charge in [-0.15, -0.1) is 0 Å². The highest BCUT2D eigenvalue weighted by Gasteiger charge is 2.24. The average molecular weight is 184 g/mol. The maximum absolute atomic E-state index is 5.91. The fraction of sp³-hybridized carbons (Fsp3) is 0.444. The number of aryl methyl sites for hydroxylation is 1. The van der Waals surface area contributed by atoms with Crippen LogP contribution >= 0.6 is 11.6 Å². The summed E-state index contributed by atoms with van der Waals surface area (Å²) in [7, 11) is 0. The summed E-state index contributed by atoms with van der Waals surface area (Å²) in [6.07, 6.45) is 4.39. The monoisotopic (exact) mass is 183 g/mol. The van der Waals surface area contributed by atoms with Crippen molar-refractivity contribution in [2.75, 3.05) is 0 Å². The van der Waals surface area contributed by atoms with Gasteiger partial charge in [-0.05, 0) is 31.4 Å². The molecule has 2 rings (SSSR count). The van der Waals surface area contributed by atoms with Gasteiger partial charge >= 0.3 is 0 Å². The smallest absolute Gasteiger partial charge is 0.232 e. The zero-order chi connectivity index (χ0) is 8.55. The van der Waals surface area contributed by atoms with E-state index in [1.165, 1.54) is 0 Å². The van der Waals surface area contributed by atoms with Crippen LogP contribution in [-0.2, 0) is 0 Å². The summed E-state index contributed by atoms with van der Waals surface area (Å²) in [5.41, 5.74) is 1.06. The summed E-state index contributed by atoms with van der Waals surface area (Å²) < 4.78 is 5.47. The summed E-state index contributed by atoms with van der Waals surface area (Å²) in [5, 5.41) is 0.613. The van der Waals surface area contributed by atoms with Crippen molar-refractivity contribution >= 4 is 11.6 Å². The Bertz CT molecular complexity index is 297. The van der Waals surface area contributed by atoms with E-state index in [1.807, 2.05) is 13.0 Å². The van der Waals surface area contributed by atoms with Crippen LogP contribution in [-0.4, -0.2) is 11.1 Å². The predicted molar refractivity (Wildman–Crippen MR) is 47.6 cm³/mol. The van der Waals surface area contributed by atoms with Crippen molar-refractivity contribution in [1.82, 2.24) is 4.98 Å². The van der Waals surface area contributed by atoms with Crippen molar-refractivity contribution in [3.05, 3.63) is 22.8 Å². The van der Waals surface area contributed by atoms with Crippen LogP contribution in [0.2, 0.25) is 5.02 Å². The first-order valence-electron chi connectivity index (χ1n) is 4.04. The normalized spacial score (nSPS) is 16.2. The molecule has 64 valence electrons. The van der Waals surface area contributed by atoms with Crippen LogP contribution in [0.4, 0.5) is 0 Å². The molecule has 1 saturated carbocycles. The van der Waals surface area contributed by atoms with Crippen molar-refractivity contribution in [2.24, 2.45) is 0 Å². The molecule has 0 atom stereocenters. The molecule has 0 aliphatic heterocycles. The number of hydrogen-bond acceptors (Lipinski definition) is 2. The fourth-order valence-electron chi connectivity index (χ4n) is 0.951. The molecule has 0 amide bonds. The van der Waals surface area contributed by atoms with Crippen LogP contribution in [0.3, 0.4) is 0 Å². The average Bonchev–Trinajstić information content (AvgIpc) is 2.79. The molecule has 2 nitrogen and oxygen atoms in total. The Hall–Kier alpha value is -0.760. The maximum Gasteiger partial charge on any atom is 0.232 e. The quantitative estimate of drug-likeness (QED) is 0.703. The largest absolute Gasteiger partial charge is 0.473 e. The molecule has 0 saturated heterocycles. The Balaban J connectivity index is 2.18. The third-order valence-electron chi connectivity index (χ3n) is 1.75.